The van der Waals surface area contributed by atoms with Gasteiger partial charge in [0.15, 0.2) is 11.5 Å². The van der Waals surface area contributed by atoms with Crippen LogP contribution in [0.15, 0.2) is 42.6 Å². The van der Waals surface area contributed by atoms with Crippen LogP contribution >= 0.6 is 0 Å². The van der Waals surface area contributed by atoms with Crippen LogP contribution in [0.5, 0.6) is 5.75 Å². The van der Waals surface area contributed by atoms with E-state index >= 15 is 0 Å². The molecular formula is C23H20F4N4O2. The molecule has 0 bridgehead atoms. The predicted octanol–water partition coefficient (Wildman–Crippen LogP) is 4.86. The Morgan fingerprint density at radius 2 is 1.88 bits per heavy atom. The first-order chi connectivity index (χ1) is 15.7. The molecule has 1 aromatic carbocycles. The van der Waals surface area contributed by atoms with Crippen molar-refractivity contribution in [3.8, 4) is 5.75 Å². The highest BCUT2D eigenvalue weighted by atomic mass is 19.4. The topological polar surface area (TPSA) is 77.0 Å². The number of pyridine rings is 1. The van der Waals surface area contributed by atoms with Crippen LogP contribution in [0.3, 0.4) is 0 Å². The molecule has 3 unspecified atom stereocenters. The number of nitrogens with zero attached hydrogens (tertiary/aromatic N) is 3. The summed E-state index contributed by atoms with van der Waals surface area (Å²) in [7, 11) is 0. The standard InChI is InChI=1S/C23H20F4N4O2/c1-11(22(32)29-20-5-4-19(30-31-20)23(25,26)27)21-14-9-13(10-15(14)21)33-18-6-7-28-17-3-2-12(24)8-16(17)18/h2-8,11,13-15,21H,9-10H2,1H3,(H,29,31,32)/t11?,13?,14-,15+,21?. The minimum atomic E-state index is -4.58. The first kappa shape index (κ1) is 21.5. The van der Waals surface area contributed by atoms with E-state index in [0.717, 1.165) is 25.0 Å². The number of fused-ring (bicyclic) bond motifs is 2. The van der Waals surface area contributed by atoms with E-state index in [0.29, 0.717) is 28.5 Å². The summed E-state index contributed by atoms with van der Waals surface area (Å²) in [5.41, 5.74) is -0.451. The highest BCUT2D eigenvalue weighted by Crippen LogP contribution is 2.61. The molecule has 33 heavy (non-hydrogen) atoms. The maximum atomic E-state index is 13.7. The van der Waals surface area contributed by atoms with Crippen LogP contribution in [-0.4, -0.2) is 27.2 Å². The third-order valence-corrected chi connectivity index (χ3v) is 6.62. The maximum absolute atomic E-state index is 13.7. The van der Waals surface area contributed by atoms with E-state index in [-0.39, 0.29) is 35.5 Å². The van der Waals surface area contributed by atoms with Crippen molar-refractivity contribution in [1.82, 2.24) is 15.2 Å². The van der Waals surface area contributed by atoms with Gasteiger partial charge >= 0.3 is 6.18 Å². The fraction of sp³-hybridized carbons (Fsp3) is 0.391. The molecule has 3 aromatic rings. The molecule has 10 heteroatoms. The Morgan fingerprint density at radius 3 is 2.55 bits per heavy atom. The van der Waals surface area contributed by atoms with Crippen molar-refractivity contribution < 1.29 is 27.1 Å². The third-order valence-electron chi connectivity index (χ3n) is 6.62. The number of ether oxygens (including phenoxy) is 1. The van der Waals surface area contributed by atoms with Crippen LogP contribution < -0.4 is 10.1 Å². The molecule has 5 atom stereocenters. The zero-order chi connectivity index (χ0) is 23.3. The molecule has 0 spiro atoms. The third kappa shape index (κ3) is 4.21. The first-order valence-electron chi connectivity index (χ1n) is 10.6. The average molecular weight is 460 g/mol. The zero-order valence-electron chi connectivity index (χ0n) is 17.5. The van der Waals surface area contributed by atoms with Crippen LogP contribution in [0.2, 0.25) is 0 Å². The molecule has 1 amide bonds. The molecule has 5 rings (SSSR count). The lowest BCUT2D eigenvalue weighted by Gasteiger charge is -2.20. The Balaban J connectivity index is 1.17. The molecule has 0 radical (unpaired) electrons. The minimum absolute atomic E-state index is 0.0105. The van der Waals surface area contributed by atoms with Gasteiger partial charge in [-0.1, -0.05) is 6.92 Å². The summed E-state index contributed by atoms with van der Waals surface area (Å²) in [6, 6.07) is 7.99. The van der Waals surface area contributed by atoms with Crippen LogP contribution in [0.4, 0.5) is 23.4 Å². The number of halogens is 4. The number of hydrogen-bond acceptors (Lipinski definition) is 5. The minimum Gasteiger partial charge on any atom is -0.490 e. The number of benzene rings is 1. The number of rotatable bonds is 5. The Hall–Kier alpha value is -3.30. The van der Waals surface area contributed by atoms with Gasteiger partial charge in [0.05, 0.1) is 11.6 Å². The van der Waals surface area contributed by atoms with Crippen LogP contribution in [-0.2, 0) is 11.0 Å². The van der Waals surface area contributed by atoms with E-state index in [4.69, 9.17) is 4.74 Å². The molecule has 2 heterocycles. The number of anilines is 1. The summed E-state index contributed by atoms with van der Waals surface area (Å²) >= 11 is 0. The molecule has 1 N–H and O–H groups in total. The second-order valence-corrected chi connectivity index (χ2v) is 8.67. The number of amides is 1. The van der Waals surface area contributed by atoms with Crippen LogP contribution in [0.1, 0.15) is 25.5 Å². The van der Waals surface area contributed by atoms with Crippen molar-refractivity contribution in [3.63, 3.8) is 0 Å². The summed E-state index contributed by atoms with van der Waals surface area (Å²) in [5.74, 6) is 0.458. The maximum Gasteiger partial charge on any atom is 0.435 e. The quantitative estimate of drug-likeness (QED) is 0.551. The van der Waals surface area contributed by atoms with Crippen molar-refractivity contribution >= 4 is 22.6 Å². The Labute approximate surface area is 186 Å². The summed E-state index contributed by atoms with van der Waals surface area (Å²) in [4.78, 5) is 16.8. The van der Waals surface area contributed by atoms with Crippen LogP contribution in [0.25, 0.3) is 10.9 Å². The SMILES string of the molecule is CC(C(=O)Nc1ccc(C(F)(F)F)nn1)C1[C@H]2CC(Oc3ccnc4ccc(F)cc34)C[C@@H]12. The van der Waals surface area contributed by atoms with E-state index in [1.54, 1.807) is 18.3 Å². The van der Waals surface area contributed by atoms with E-state index in [9.17, 15) is 22.4 Å². The van der Waals surface area contributed by atoms with Gasteiger partial charge in [-0.3, -0.25) is 9.78 Å². The van der Waals surface area contributed by atoms with Gasteiger partial charge in [-0.15, -0.1) is 10.2 Å². The second kappa shape index (κ2) is 7.93. The molecule has 2 saturated carbocycles. The van der Waals surface area contributed by atoms with Gasteiger partial charge < -0.3 is 10.1 Å². The Kier molecular flexibility index (Phi) is 5.18. The number of carbonyl (C=O) groups excluding carboxylic acids is 1. The number of carbonyl (C=O) groups is 1. The largest absolute Gasteiger partial charge is 0.490 e. The molecule has 0 saturated heterocycles. The summed E-state index contributed by atoms with van der Waals surface area (Å²) in [6.07, 6.45) is -1.41. The van der Waals surface area contributed by atoms with Gasteiger partial charge in [-0.25, -0.2) is 4.39 Å². The highest BCUT2D eigenvalue weighted by Gasteiger charge is 2.59. The normalized spacial score (nSPS) is 24.9. The lowest BCUT2D eigenvalue weighted by molar-refractivity contribution is -0.141. The number of hydrogen-bond donors (Lipinski definition) is 1. The van der Waals surface area contributed by atoms with E-state index < -0.39 is 11.9 Å². The number of alkyl halides is 3. The van der Waals surface area contributed by atoms with Crippen molar-refractivity contribution in [2.75, 3.05) is 5.32 Å². The summed E-state index contributed by atoms with van der Waals surface area (Å²) < 4.78 is 57.6. The van der Waals surface area contributed by atoms with Gasteiger partial charge in [0.1, 0.15) is 11.6 Å². The Bertz CT molecular complexity index is 1190. The van der Waals surface area contributed by atoms with E-state index in [1.165, 1.54) is 12.1 Å². The van der Waals surface area contributed by atoms with Crippen molar-refractivity contribution in [2.45, 2.75) is 32.0 Å². The van der Waals surface area contributed by atoms with Gasteiger partial charge in [0, 0.05) is 17.5 Å². The fourth-order valence-corrected chi connectivity index (χ4v) is 5.02. The number of aromatic nitrogens is 3. The molecule has 0 aliphatic heterocycles. The average Bonchev–Trinajstić information content (AvgIpc) is 3.27. The van der Waals surface area contributed by atoms with Crippen molar-refractivity contribution in [2.24, 2.45) is 23.7 Å². The van der Waals surface area contributed by atoms with Gasteiger partial charge in [0.25, 0.3) is 0 Å². The van der Waals surface area contributed by atoms with Crippen molar-refractivity contribution in [1.29, 1.82) is 0 Å². The predicted molar refractivity (Wildman–Crippen MR) is 111 cm³/mol. The Morgan fingerprint density at radius 1 is 1.12 bits per heavy atom. The van der Waals surface area contributed by atoms with E-state index in [2.05, 4.69) is 20.5 Å². The number of nitrogens with one attached hydrogen (secondary N) is 1. The molecule has 2 aromatic heterocycles. The lowest BCUT2D eigenvalue weighted by atomic mass is 9.97. The van der Waals surface area contributed by atoms with Gasteiger partial charge in [-0.05, 0) is 67.0 Å². The molecule has 2 aliphatic carbocycles. The molecule has 2 aliphatic rings. The lowest BCUT2D eigenvalue weighted by Crippen LogP contribution is -2.26. The van der Waals surface area contributed by atoms with Gasteiger partial charge in [-0.2, -0.15) is 13.2 Å². The summed E-state index contributed by atoms with van der Waals surface area (Å²) in [6.45, 7) is 1.81. The highest BCUT2D eigenvalue weighted by molar-refractivity contribution is 5.91. The smallest absolute Gasteiger partial charge is 0.435 e. The van der Waals surface area contributed by atoms with Gasteiger partial charge in [0.2, 0.25) is 5.91 Å². The molecular weight excluding hydrogens is 440 g/mol. The second-order valence-electron chi connectivity index (χ2n) is 8.67. The molecule has 172 valence electrons. The zero-order valence-corrected chi connectivity index (χ0v) is 17.5. The monoisotopic (exact) mass is 460 g/mol. The molecule has 2 fully saturated rings. The first-order valence-corrected chi connectivity index (χ1v) is 10.6. The van der Waals surface area contributed by atoms with E-state index in [1.807, 2.05) is 6.92 Å². The van der Waals surface area contributed by atoms with Crippen molar-refractivity contribution in [3.05, 3.63) is 54.1 Å². The fourth-order valence-electron chi connectivity index (χ4n) is 5.02. The van der Waals surface area contributed by atoms with Crippen LogP contribution in [0, 0.1) is 29.5 Å². The summed E-state index contributed by atoms with van der Waals surface area (Å²) in [5, 5.41) is 9.76. The molecule has 6 nitrogen and oxygen atoms in total.